The largest absolute Gasteiger partial charge is 0.339 e. The highest BCUT2D eigenvalue weighted by Gasteiger charge is 2.34. The second kappa shape index (κ2) is 5.17. The zero-order valence-electron chi connectivity index (χ0n) is 11.4. The minimum absolute atomic E-state index is 0.132. The van der Waals surface area contributed by atoms with E-state index in [-0.39, 0.29) is 11.7 Å². The van der Waals surface area contributed by atoms with Gasteiger partial charge in [-0.15, -0.1) is 0 Å². The van der Waals surface area contributed by atoms with Gasteiger partial charge in [-0.1, -0.05) is 12.1 Å². The van der Waals surface area contributed by atoms with Crippen LogP contribution < -0.4 is 5.32 Å². The Morgan fingerprint density at radius 2 is 2.10 bits per heavy atom. The number of nitrogens with zero attached hydrogens (tertiary/aromatic N) is 2. The molecule has 2 aliphatic heterocycles. The van der Waals surface area contributed by atoms with E-state index in [9.17, 15) is 9.59 Å². The Hall–Kier alpha value is -2.01. The molecule has 1 aromatic carbocycles. The molecular weight excluding hydrogens is 254 g/mol. The number of carbonyl (C=O) groups is 2. The first kappa shape index (κ1) is 13.0. The molecule has 2 aliphatic rings. The first-order valence-electron chi connectivity index (χ1n) is 6.86. The van der Waals surface area contributed by atoms with Crippen LogP contribution >= 0.6 is 0 Å². The van der Waals surface area contributed by atoms with Gasteiger partial charge in [0.25, 0.3) is 0 Å². The molecule has 0 saturated carbocycles. The number of rotatable bonds is 1. The molecule has 0 aromatic heterocycles. The van der Waals surface area contributed by atoms with Crippen LogP contribution in [0.3, 0.4) is 0 Å². The normalized spacial score (nSPS) is 21.8. The molecule has 1 aromatic rings. The lowest BCUT2D eigenvalue weighted by atomic mass is 9.92. The highest BCUT2D eigenvalue weighted by molar-refractivity contribution is 6.23. The zero-order chi connectivity index (χ0) is 14.1. The molecule has 104 valence electrons. The predicted molar refractivity (Wildman–Crippen MR) is 76.6 cm³/mol. The number of aryl methyl sites for hydroxylation is 1. The van der Waals surface area contributed by atoms with Crippen LogP contribution in [-0.4, -0.2) is 49.0 Å². The Balaban J connectivity index is 1.87. The molecular formula is C15H17N3O2. The fraction of sp³-hybridized carbons (Fsp3) is 0.400. The maximum Gasteiger partial charge on any atom is 0.239 e. The molecule has 2 heterocycles. The van der Waals surface area contributed by atoms with Crippen molar-refractivity contribution >= 4 is 23.6 Å². The van der Waals surface area contributed by atoms with E-state index in [0.29, 0.717) is 24.3 Å². The van der Waals surface area contributed by atoms with Gasteiger partial charge in [0, 0.05) is 38.0 Å². The summed E-state index contributed by atoms with van der Waals surface area (Å²) in [4.78, 5) is 31.0. The number of fused-ring (bicyclic) bond motifs is 1. The fourth-order valence-electron chi connectivity index (χ4n) is 2.67. The molecule has 1 saturated heterocycles. The maximum absolute atomic E-state index is 12.5. The third-order valence-electron chi connectivity index (χ3n) is 3.83. The van der Waals surface area contributed by atoms with E-state index < -0.39 is 5.92 Å². The summed E-state index contributed by atoms with van der Waals surface area (Å²) >= 11 is 0. The number of ketones is 1. The molecule has 1 fully saturated rings. The maximum atomic E-state index is 12.5. The number of piperazine rings is 1. The van der Waals surface area contributed by atoms with Crippen LogP contribution in [0.5, 0.6) is 0 Å². The van der Waals surface area contributed by atoms with Gasteiger partial charge in [0.1, 0.15) is 5.92 Å². The van der Waals surface area contributed by atoms with Gasteiger partial charge in [0.05, 0.1) is 5.69 Å². The Morgan fingerprint density at radius 3 is 2.85 bits per heavy atom. The fourth-order valence-corrected chi connectivity index (χ4v) is 2.67. The smallest absolute Gasteiger partial charge is 0.239 e. The molecule has 0 aliphatic carbocycles. The average Bonchev–Trinajstić information content (AvgIpc) is 2.49. The molecule has 0 bridgehead atoms. The van der Waals surface area contributed by atoms with Crippen LogP contribution in [0.2, 0.25) is 0 Å². The van der Waals surface area contributed by atoms with Crippen molar-refractivity contribution < 1.29 is 9.59 Å². The SMILES string of the molecule is Cc1cccc2c1N=CC(C(=O)N1CCNCC1)C2=O. The van der Waals surface area contributed by atoms with Gasteiger partial charge >= 0.3 is 0 Å². The highest BCUT2D eigenvalue weighted by Crippen LogP contribution is 2.30. The van der Waals surface area contributed by atoms with Gasteiger partial charge < -0.3 is 10.2 Å². The van der Waals surface area contributed by atoms with Crippen LogP contribution in [0.25, 0.3) is 0 Å². The second-order valence-corrected chi connectivity index (χ2v) is 5.17. The van der Waals surface area contributed by atoms with Crippen molar-refractivity contribution in [2.75, 3.05) is 26.2 Å². The first-order valence-corrected chi connectivity index (χ1v) is 6.86. The van der Waals surface area contributed by atoms with Crippen molar-refractivity contribution in [2.45, 2.75) is 6.92 Å². The van der Waals surface area contributed by atoms with Crippen molar-refractivity contribution in [3.8, 4) is 0 Å². The topological polar surface area (TPSA) is 61.8 Å². The van der Waals surface area contributed by atoms with Crippen molar-refractivity contribution in [1.29, 1.82) is 0 Å². The van der Waals surface area contributed by atoms with Crippen molar-refractivity contribution in [1.82, 2.24) is 10.2 Å². The predicted octanol–water partition coefficient (Wildman–Crippen LogP) is 0.942. The standard InChI is InChI=1S/C15H17N3O2/c1-10-3-2-4-11-13(10)17-9-12(14(11)19)15(20)18-7-5-16-6-8-18/h2-4,9,12,16H,5-8H2,1H3. The molecule has 1 atom stereocenters. The van der Waals surface area contributed by atoms with Gasteiger partial charge in [-0.25, -0.2) is 0 Å². The summed E-state index contributed by atoms with van der Waals surface area (Å²) in [7, 11) is 0. The van der Waals surface area contributed by atoms with E-state index in [2.05, 4.69) is 10.3 Å². The summed E-state index contributed by atoms with van der Waals surface area (Å²) in [6.45, 7) is 4.77. The van der Waals surface area contributed by atoms with E-state index in [1.54, 1.807) is 11.0 Å². The summed E-state index contributed by atoms with van der Waals surface area (Å²) in [5.74, 6) is -1.03. The van der Waals surface area contributed by atoms with E-state index in [4.69, 9.17) is 0 Å². The number of aliphatic imine (C=N–C) groups is 1. The van der Waals surface area contributed by atoms with Crippen molar-refractivity contribution in [3.05, 3.63) is 29.3 Å². The monoisotopic (exact) mass is 271 g/mol. The molecule has 5 nitrogen and oxygen atoms in total. The van der Waals surface area contributed by atoms with Crippen molar-refractivity contribution in [2.24, 2.45) is 10.9 Å². The first-order chi connectivity index (χ1) is 9.68. The van der Waals surface area contributed by atoms with Crippen LogP contribution in [-0.2, 0) is 4.79 Å². The lowest BCUT2D eigenvalue weighted by Gasteiger charge is -2.30. The summed E-state index contributed by atoms with van der Waals surface area (Å²) in [5, 5.41) is 3.19. The average molecular weight is 271 g/mol. The highest BCUT2D eigenvalue weighted by atomic mass is 16.2. The number of carbonyl (C=O) groups excluding carboxylic acids is 2. The lowest BCUT2D eigenvalue weighted by molar-refractivity contribution is -0.132. The van der Waals surface area contributed by atoms with Gasteiger partial charge in [0.15, 0.2) is 5.78 Å². The number of benzene rings is 1. The molecule has 0 spiro atoms. The quantitative estimate of drug-likeness (QED) is 0.773. The Bertz CT molecular complexity index is 589. The number of nitrogens with one attached hydrogen (secondary N) is 1. The van der Waals surface area contributed by atoms with E-state index in [1.165, 1.54) is 6.21 Å². The van der Waals surface area contributed by atoms with Crippen LogP contribution in [0.4, 0.5) is 5.69 Å². The minimum atomic E-state index is -0.762. The number of Topliss-reactive ketones (excluding diaryl/α,β-unsaturated/α-hetero) is 1. The minimum Gasteiger partial charge on any atom is -0.339 e. The molecule has 1 N–H and O–H groups in total. The van der Waals surface area contributed by atoms with Gasteiger partial charge in [-0.2, -0.15) is 0 Å². The number of hydrogen-bond donors (Lipinski definition) is 1. The van der Waals surface area contributed by atoms with Gasteiger partial charge in [-0.05, 0) is 18.6 Å². The van der Waals surface area contributed by atoms with Gasteiger partial charge in [-0.3, -0.25) is 14.6 Å². The summed E-state index contributed by atoms with van der Waals surface area (Å²) < 4.78 is 0. The Labute approximate surface area is 117 Å². The molecule has 20 heavy (non-hydrogen) atoms. The van der Waals surface area contributed by atoms with E-state index in [1.807, 2.05) is 19.1 Å². The number of para-hydroxylation sites is 1. The van der Waals surface area contributed by atoms with Crippen LogP contribution in [0.15, 0.2) is 23.2 Å². The Kier molecular flexibility index (Phi) is 3.36. The van der Waals surface area contributed by atoms with Crippen LogP contribution in [0, 0.1) is 12.8 Å². The zero-order valence-corrected chi connectivity index (χ0v) is 11.4. The van der Waals surface area contributed by atoms with Gasteiger partial charge in [0.2, 0.25) is 5.91 Å². The van der Waals surface area contributed by atoms with Crippen molar-refractivity contribution in [3.63, 3.8) is 0 Å². The second-order valence-electron chi connectivity index (χ2n) is 5.17. The third-order valence-corrected chi connectivity index (χ3v) is 3.83. The third kappa shape index (κ3) is 2.14. The molecule has 5 heteroatoms. The van der Waals surface area contributed by atoms with E-state index in [0.717, 1.165) is 18.7 Å². The summed E-state index contributed by atoms with van der Waals surface area (Å²) in [5.41, 5.74) is 2.21. The van der Waals surface area contributed by atoms with Crippen LogP contribution in [0.1, 0.15) is 15.9 Å². The number of amides is 1. The molecule has 1 unspecified atom stereocenters. The number of hydrogen-bond acceptors (Lipinski definition) is 4. The Morgan fingerprint density at radius 1 is 1.35 bits per heavy atom. The molecule has 3 rings (SSSR count). The molecule has 0 radical (unpaired) electrons. The summed E-state index contributed by atoms with van der Waals surface area (Å²) in [6, 6.07) is 5.50. The summed E-state index contributed by atoms with van der Waals surface area (Å²) in [6.07, 6.45) is 1.50. The molecule has 1 amide bonds. The van der Waals surface area contributed by atoms with E-state index >= 15 is 0 Å². The lowest BCUT2D eigenvalue weighted by Crippen LogP contribution is -2.50.